The normalized spacial score (nSPS) is 12.6. The lowest BCUT2D eigenvalue weighted by molar-refractivity contribution is -0.140. The first-order valence-corrected chi connectivity index (χ1v) is 13.3. The summed E-state index contributed by atoms with van der Waals surface area (Å²) in [5.41, 5.74) is 0.555. The summed E-state index contributed by atoms with van der Waals surface area (Å²) in [6.07, 6.45) is 1.03. The molecule has 2 rings (SSSR count). The molecule has 0 aromatic heterocycles. The first kappa shape index (κ1) is 27.7. The van der Waals surface area contributed by atoms with E-state index in [9.17, 15) is 18.0 Å². The van der Waals surface area contributed by atoms with Gasteiger partial charge in [0.1, 0.15) is 18.3 Å². The first-order chi connectivity index (χ1) is 15.7. The van der Waals surface area contributed by atoms with Gasteiger partial charge in [-0.05, 0) is 57.5 Å². The molecule has 0 bridgehead atoms. The van der Waals surface area contributed by atoms with Crippen LogP contribution in [0.1, 0.15) is 33.3 Å². The maximum Gasteiger partial charge on any atom is 0.244 e. The third-order valence-corrected chi connectivity index (χ3v) is 6.62. The van der Waals surface area contributed by atoms with Gasteiger partial charge in [0, 0.05) is 16.6 Å². The number of para-hydroxylation sites is 2. The Bertz CT molecular complexity index is 1110. The summed E-state index contributed by atoms with van der Waals surface area (Å²) in [5.74, 6) is -0.532. The van der Waals surface area contributed by atoms with Crippen molar-refractivity contribution in [1.82, 2.24) is 10.2 Å². The molecule has 0 aliphatic heterocycles. The molecule has 186 valence electrons. The summed E-state index contributed by atoms with van der Waals surface area (Å²) < 4.78 is 32.5. The molecule has 0 aliphatic rings. The first-order valence-electron chi connectivity index (χ1n) is 10.7. The van der Waals surface area contributed by atoms with E-state index in [4.69, 9.17) is 4.74 Å². The van der Waals surface area contributed by atoms with E-state index in [-0.39, 0.29) is 18.1 Å². The molecule has 0 fully saturated rings. The number of carbonyl (C=O) groups excluding carboxylic acids is 2. The Kier molecular flexibility index (Phi) is 9.13. The smallest absolute Gasteiger partial charge is 0.244 e. The van der Waals surface area contributed by atoms with Crippen LogP contribution in [0.2, 0.25) is 0 Å². The predicted octanol–water partition coefficient (Wildman–Crippen LogP) is 3.56. The molecule has 2 amide bonds. The van der Waals surface area contributed by atoms with Crippen LogP contribution in [-0.4, -0.2) is 56.6 Å². The molecule has 8 nitrogen and oxygen atoms in total. The number of benzene rings is 2. The van der Waals surface area contributed by atoms with Crippen LogP contribution in [0.15, 0.2) is 53.0 Å². The van der Waals surface area contributed by atoms with Crippen LogP contribution in [0, 0.1) is 0 Å². The Morgan fingerprint density at radius 2 is 1.68 bits per heavy atom. The van der Waals surface area contributed by atoms with E-state index in [2.05, 4.69) is 21.2 Å². The van der Waals surface area contributed by atoms with Crippen molar-refractivity contribution < 1.29 is 22.7 Å². The van der Waals surface area contributed by atoms with Crippen molar-refractivity contribution in [3.05, 3.63) is 58.6 Å². The number of methoxy groups -OCH3 is 1. The number of carbonyl (C=O) groups is 2. The monoisotopic (exact) mass is 553 g/mol. The third kappa shape index (κ3) is 7.73. The SMILES string of the molecule is COc1ccccc1N(CC(=O)N(Cc1ccc(Br)cc1)[C@H](C)C(=O)NC(C)(C)C)S(C)(=O)=O. The van der Waals surface area contributed by atoms with E-state index >= 15 is 0 Å². The molecule has 1 atom stereocenters. The van der Waals surface area contributed by atoms with Crippen molar-refractivity contribution in [2.75, 3.05) is 24.2 Å². The van der Waals surface area contributed by atoms with Crippen molar-refractivity contribution in [2.24, 2.45) is 0 Å². The minimum Gasteiger partial charge on any atom is -0.495 e. The summed E-state index contributed by atoms with van der Waals surface area (Å²) >= 11 is 3.39. The van der Waals surface area contributed by atoms with Gasteiger partial charge in [-0.15, -0.1) is 0 Å². The van der Waals surface area contributed by atoms with Crippen molar-refractivity contribution in [1.29, 1.82) is 0 Å². The summed E-state index contributed by atoms with van der Waals surface area (Å²) in [6, 6.07) is 13.1. The van der Waals surface area contributed by atoms with Gasteiger partial charge in [0.25, 0.3) is 0 Å². The second kappa shape index (κ2) is 11.2. The highest BCUT2D eigenvalue weighted by Crippen LogP contribution is 2.29. The van der Waals surface area contributed by atoms with Crippen LogP contribution in [0.4, 0.5) is 5.69 Å². The maximum atomic E-state index is 13.5. The second-order valence-electron chi connectivity index (χ2n) is 9.00. The van der Waals surface area contributed by atoms with Gasteiger partial charge in [0.15, 0.2) is 0 Å². The number of anilines is 1. The Morgan fingerprint density at radius 1 is 1.09 bits per heavy atom. The van der Waals surface area contributed by atoms with Gasteiger partial charge in [-0.3, -0.25) is 13.9 Å². The van der Waals surface area contributed by atoms with Crippen LogP contribution < -0.4 is 14.4 Å². The van der Waals surface area contributed by atoms with Gasteiger partial charge >= 0.3 is 0 Å². The molecule has 1 N–H and O–H groups in total. The fraction of sp³-hybridized carbons (Fsp3) is 0.417. The Labute approximate surface area is 210 Å². The zero-order valence-electron chi connectivity index (χ0n) is 20.3. The van der Waals surface area contributed by atoms with Gasteiger partial charge in [0.05, 0.1) is 19.1 Å². The second-order valence-corrected chi connectivity index (χ2v) is 11.8. The number of rotatable bonds is 9. The fourth-order valence-corrected chi connectivity index (χ4v) is 4.39. The summed E-state index contributed by atoms with van der Waals surface area (Å²) in [4.78, 5) is 27.9. The highest BCUT2D eigenvalue weighted by Gasteiger charge is 2.32. The van der Waals surface area contributed by atoms with Crippen LogP contribution in [0.5, 0.6) is 5.75 Å². The van der Waals surface area contributed by atoms with E-state index in [0.29, 0.717) is 5.75 Å². The summed E-state index contributed by atoms with van der Waals surface area (Å²) in [5, 5.41) is 2.89. The number of nitrogens with one attached hydrogen (secondary N) is 1. The number of amides is 2. The van der Waals surface area contributed by atoms with Crippen LogP contribution in [-0.2, 0) is 26.2 Å². The average molecular weight is 555 g/mol. The predicted molar refractivity (Wildman–Crippen MR) is 137 cm³/mol. The Hall–Kier alpha value is -2.59. The van der Waals surface area contributed by atoms with E-state index in [0.717, 1.165) is 20.6 Å². The number of halogens is 1. The molecule has 0 radical (unpaired) electrons. The highest BCUT2D eigenvalue weighted by molar-refractivity contribution is 9.10. The topological polar surface area (TPSA) is 96.0 Å². The number of ether oxygens (including phenoxy) is 1. The number of nitrogens with zero attached hydrogens (tertiary/aromatic N) is 2. The van der Waals surface area contributed by atoms with Crippen LogP contribution in [0.3, 0.4) is 0 Å². The van der Waals surface area contributed by atoms with Gasteiger partial charge in [-0.2, -0.15) is 0 Å². The lowest BCUT2D eigenvalue weighted by Gasteiger charge is -2.33. The quantitative estimate of drug-likeness (QED) is 0.512. The molecule has 0 saturated carbocycles. The van der Waals surface area contributed by atoms with Crippen molar-refractivity contribution in [3.63, 3.8) is 0 Å². The zero-order valence-corrected chi connectivity index (χ0v) is 22.7. The molecule has 0 unspecified atom stereocenters. The molecular weight excluding hydrogens is 522 g/mol. The summed E-state index contributed by atoms with van der Waals surface area (Å²) in [6.45, 7) is 6.84. The van der Waals surface area contributed by atoms with Gasteiger partial charge in [-0.1, -0.05) is 40.2 Å². The molecular formula is C24H32BrN3O5S. The van der Waals surface area contributed by atoms with Crippen molar-refractivity contribution in [2.45, 2.75) is 45.8 Å². The lowest BCUT2D eigenvalue weighted by atomic mass is 10.1. The molecule has 2 aromatic carbocycles. The van der Waals surface area contributed by atoms with Gasteiger partial charge in [0.2, 0.25) is 21.8 Å². The van der Waals surface area contributed by atoms with E-state index < -0.39 is 34.1 Å². The number of sulfonamides is 1. The summed E-state index contributed by atoms with van der Waals surface area (Å²) in [7, 11) is -2.40. The standard InChI is InChI=1S/C24H32BrN3O5S/c1-17(23(30)26-24(2,3)4)27(15-18-11-13-19(25)14-12-18)22(29)16-28(34(6,31)32)20-9-7-8-10-21(20)33-5/h7-14,17H,15-16H2,1-6H3,(H,26,30)/t17-/m1/s1. The molecule has 34 heavy (non-hydrogen) atoms. The Morgan fingerprint density at radius 3 is 2.21 bits per heavy atom. The number of hydrogen-bond acceptors (Lipinski definition) is 5. The third-order valence-electron chi connectivity index (χ3n) is 4.96. The number of hydrogen-bond donors (Lipinski definition) is 1. The molecule has 10 heteroatoms. The van der Waals surface area contributed by atoms with E-state index in [1.807, 2.05) is 45.0 Å². The molecule has 2 aromatic rings. The maximum absolute atomic E-state index is 13.5. The van der Waals surface area contributed by atoms with Gasteiger partial charge in [-0.25, -0.2) is 8.42 Å². The van der Waals surface area contributed by atoms with Crippen molar-refractivity contribution >= 4 is 43.5 Å². The highest BCUT2D eigenvalue weighted by atomic mass is 79.9. The minimum atomic E-state index is -3.83. The lowest BCUT2D eigenvalue weighted by Crippen LogP contribution is -2.54. The zero-order chi connectivity index (χ0) is 25.7. The van der Waals surface area contributed by atoms with E-state index in [1.54, 1.807) is 31.2 Å². The van der Waals surface area contributed by atoms with E-state index in [1.165, 1.54) is 12.0 Å². The largest absolute Gasteiger partial charge is 0.495 e. The molecule has 0 aliphatic carbocycles. The van der Waals surface area contributed by atoms with Crippen LogP contribution in [0.25, 0.3) is 0 Å². The fourth-order valence-electron chi connectivity index (χ4n) is 3.27. The Balaban J connectivity index is 2.43. The molecule has 0 heterocycles. The van der Waals surface area contributed by atoms with Crippen molar-refractivity contribution in [3.8, 4) is 5.75 Å². The van der Waals surface area contributed by atoms with Crippen LogP contribution >= 0.6 is 15.9 Å². The average Bonchev–Trinajstić information content (AvgIpc) is 2.74. The molecule has 0 spiro atoms. The molecule has 0 saturated heterocycles. The van der Waals surface area contributed by atoms with Gasteiger partial charge < -0.3 is 15.0 Å². The minimum absolute atomic E-state index is 0.133.